The van der Waals surface area contributed by atoms with E-state index in [0.29, 0.717) is 71.4 Å². The fourth-order valence-electron chi connectivity index (χ4n) is 5.33. The van der Waals surface area contributed by atoms with Crippen LogP contribution >= 0.6 is 69.6 Å². The molecule has 14 heteroatoms. The molecule has 2 N–H and O–H groups in total. The molecule has 42 heavy (non-hydrogen) atoms. The van der Waals surface area contributed by atoms with Crippen LogP contribution in [-0.4, -0.2) is 32.8 Å². The molecule has 0 saturated carbocycles. The van der Waals surface area contributed by atoms with Crippen molar-refractivity contribution in [2.45, 2.75) is 51.9 Å². The van der Waals surface area contributed by atoms with Crippen LogP contribution in [0, 0.1) is 0 Å². The molecule has 0 spiro atoms. The van der Waals surface area contributed by atoms with Gasteiger partial charge >= 0.3 is 0 Å². The molecule has 8 nitrogen and oxygen atoms in total. The maximum absolute atomic E-state index is 12.7. The lowest BCUT2D eigenvalue weighted by Gasteiger charge is -2.17. The average Bonchev–Trinajstić information content (AvgIpc) is 3.36. The van der Waals surface area contributed by atoms with Gasteiger partial charge in [-0.2, -0.15) is 0 Å². The molecule has 0 saturated heterocycles. The van der Waals surface area contributed by atoms with E-state index >= 15 is 0 Å². The zero-order valence-corrected chi connectivity index (χ0v) is 27.4. The lowest BCUT2D eigenvalue weighted by molar-refractivity contribution is 0.356. The summed E-state index contributed by atoms with van der Waals surface area (Å²) in [5.41, 5.74) is 8.72. The number of anilines is 2. The summed E-state index contributed by atoms with van der Waals surface area (Å²) in [5.74, 6) is 0. The van der Waals surface area contributed by atoms with Gasteiger partial charge in [0.25, 0.3) is 11.1 Å². The van der Waals surface area contributed by atoms with Crippen molar-refractivity contribution < 1.29 is 0 Å². The van der Waals surface area contributed by atoms with Gasteiger partial charge in [0.2, 0.25) is 0 Å². The van der Waals surface area contributed by atoms with Crippen molar-refractivity contribution in [2.24, 2.45) is 0 Å². The molecule has 0 fully saturated rings. The normalized spacial score (nSPS) is 14.2. The van der Waals surface area contributed by atoms with Gasteiger partial charge in [0.05, 0.1) is 42.6 Å². The van der Waals surface area contributed by atoms with Crippen LogP contribution in [0.15, 0.2) is 33.9 Å². The molecule has 2 aromatic carbocycles. The van der Waals surface area contributed by atoms with Gasteiger partial charge in [-0.3, -0.25) is 19.0 Å². The maximum atomic E-state index is 12.7. The van der Waals surface area contributed by atoms with Crippen LogP contribution in [0.25, 0.3) is 22.3 Å². The summed E-state index contributed by atoms with van der Waals surface area (Å²) in [5, 5.41) is 2.54. The molecule has 0 bridgehead atoms. The lowest BCUT2D eigenvalue weighted by Crippen LogP contribution is -2.27. The first kappa shape index (κ1) is 31.2. The monoisotopic (exact) mass is 690 g/mol. The summed E-state index contributed by atoms with van der Waals surface area (Å²) >= 11 is 37.5. The van der Waals surface area contributed by atoms with Crippen molar-refractivity contribution in [3.8, 4) is 22.3 Å². The second kappa shape index (κ2) is 12.4. The maximum Gasteiger partial charge on any atom is 0.276 e. The smallest absolute Gasteiger partial charge is 0.276 e. The van der Waals surface area contributed by atoms with Crippen molar-refractivity contribution in [1.82, 2.24) is 18.7 Å². The molecule has 0 radical (unpaired) electrons. The van der Waals surface area contributed by atoms with Gasteiger partial charge in [-0.15, -0.1) is 0 Å². The number of fused-ring (bicyclic) bond motifs is 2. The molecule has 0 amide bonds. The minimum atomic E-state index is -0.140. The molecule has 0 unspecified atom stereocenters. The predicted octanol–water partition coefficient (Wildman–Crippen LogP) is 7.79. The number of halogens is 6. The van der Waals surface area contributed by atoms with Crippen LogP contribution in [0.1, 0.15) is 25.7 Å². The molecule has 224 valence electrons. The summed E-state index contributed by atoms with van der Waals surface area (Å²) in [7, 11) is 3.77. The summed E-state index contributed by atoms with van der Waals surface area (Å²) in [4.78, 5) is 27.1. The summed E-state index contributed by atoms with van der Waals surface area (Å²) in [6, 6.07) is 6.61. The fourth-order valence-corrected chi connectivity index (χ4v) is 7.18. The molecular formula is C28H28Cl6N6O2. The molecular weight excluding hydrogens is 665 g/mol. The molecule has 2 aliphatic rings. The highest BCUT2D eigenvalue weighted by molar-refractivity contribution is 6.40. The SMILES string of the molecule is CN(C)c1cc(-c2c(Cl)n3n(c2=O)CCCC3)c(Cl)cc1Cl.Nc1cc(-c2c(Cl)n3n(c2=O)CCCC3)c(Cl)cc1Cl. The number of nitrogens with zero attached hydrogens (tertiary/aromatic N) is 5. The Morgan fingerprint density at radius 2 is 1.00 bits per heavy atom. The van der Waals surface area contributed by atoms with Crippen molar-refractivity contribution in [3.63, 3.8) is 0 Å². The van der Waals surface area contributed by atoms with Crippen molar-refractivity contribution >= 4 is 81.0 Å². The number of nitrogens with two attached hydrogens (primary N) is 1. The van der Waals surface area contributed by atoms with Crippen molar-refractivity contribution in [1.29, 1.82) is 0 Å². The number of nitrogen functional groups attached to an aromatic ring is 1. The minimum absolute atomic E-state index is 0.0985. The van der Waals surface area contributed by atoms with E-state index in [4.69, 9.17) is 75.3 Å². The van der Waals surface area contributed by atoms with Crippen molar-refractivity contribution in [2.75, 3.05) is 24.7 Å². The van der Waals surface area contributed by atoms with Crippen LogP contribution in [0.5, 0.6) is 0 Å². The average molecular weight is 693 g/mol. The zero-order valence-electron chi connectivity index (χ0n) is 22.9. The number of benzene rings is 2. The van der Waals surface area contributed by atoms with Gasteiger partial charge in [-0.1, -0.05) is 69.6 Å². The van der Waals surface area contributed by atoms with E-state index in [9.17, 15) is 9.59 Å². The van der Waals surface area contributed by atoms with E-state index in [-0.39, 0.29) is 11.1 Å². The van der Waals surface area contributed by atoms with E-state index in [1.54, 1.807) is 26.2 Å². The van der Waals surface area contributed by atoms with Crippen LogP contribution in [-0.2, 0) is 26.2 Å². The van der Waals surface area contributed by atoms with Crippen LogP contribution < -0.4 is 21.8 Å². The fraction of sp³-hybridized carbons (Fsp3) is 0.357. The first-order valence-electron chi connectivity index (χ1n) is 13.3. The van der Waals surface area contributed by atoms with E-state index in [0.717, 1.165) is 44.5 Å². The Morgan fingerprint density at radius 3 is 1.43 bits per heavy atom. The van der Waals surface area contributed by atoms with Gasteiger partial charge < -0.3 is 10.6 Å². The topological polar surface area (TPSA) is 83.1 Å². The third kappa shape index (κ3) is 5.58. The Balaban J connectivity index is 0.000000169. The Bertz CT molecular complexity index is 1800. The Hall–Kier alpha value is -2.20. The first-order chi connectivity index (χ1) is 19.9. The third-order valence-electron chi connectivity index (χ3n) is 7.47. The quantitative estimate of drug-likeness (QED) is 0.222. The molecule has 0 atom stereocenters. The van der Waals surface area contributed by atoms with E-state index < -0.39 is 0 Å². The number of aromatic nitrogens is 4. The Morgan fingerprint density at radius 1 is 0.595 bits per heavy atom. The van der Waals surface area contributed by atoms with Gasteiger partial charge in [0, 0.05) is 51.4 Å². The van der Waals surface area contributed by atoms with Crippen LogP contribution in [0.2, 0.25) is 30.4 Å². The predicted molar refractivity (Wildman–Crippen MR) is 176 cm³/mol. The molecule has 6 rings (SSSR count). The first-order valence-corrected chi connectivity index (χ1v) is 15.6. The highest BCUT2D eigenvalue weighted by Gasteiger charge is 2.25. The van der Waals surface area contributed by atoms with E-state index in [1.165, 1.54) is 6.07 Å². The molecule has 2 aromatic heterocycles. The van der Waals surface area contributed by atoms with Gasteiger partial charge in [-0.25, -0.2) is 9.36 Å². The third-order valence-corrected chi connectivity index (χ3v) is 9.49. The van der Waals surface area contributed by atoms with Gasteiger partial charge in [-0.05, 0) is 49.9 Å². The van der Waals surface area contributed by atoms with Crippen molar-refractivity contribution in [3.05, 3.63) is 75.4 Å². The summed E-state index contributed by atoms with van der Waals surface area (Å²) in [6.07, 6.45) is 3.97. The number of hydrogen-bond acceptors (Lipinski definition) is 4. The van der Waals surface area contributed by atoms with Crippen LogP contribution in [0.4, 0.5) is 11.4 Å². The largest absolute Gasteiger partial charge is 0.398 e. The number of hydrogen-bond donors (Lipinski definition) is 1. The minimum Gasteiger partial charge on any atom is -0.398 e. The van der Waals surface area contributed by atoms with E-state index in [1.807, 2.05) is 29.7 Å². The van der Waals surface area contributed by atoms with Gasteiger partial charge in [0.1, 0.15) is 10.3 Å². The summed E-state index contributed by atoms with van der Waals surface area (Å²) < 4.78 is 6.98. The van der Waals surface area contributed by atoms with Crippen LogP contribution in [0.3, 0.4) is 0 Å². The zero-order chi connectivity index (χ0) is 30.5. The Labute approximate surface area is 272 Å². The summed E-state index contributed by atoms with van der Waals surface area (Å²) in [6.45, 7) is 2.83. The van der Waals surface area contributed by atoms with Gasteiger partial charge in [0.15, 0.2) is 0 Å². The molecule has 0 aliphatic carbocycles. The standard InChI is InChI=1S/C15H16Cl3N3O.C13H12Cl3N3O/c1-19(2)12-7-9(10(16)8-11(12)17)13-14(18)20-5-3-4-6-21(20)15(13)22;14-8-6-9(15)10(17)5-7(8)11-12(16)18-3-1-2-4-19(18)13(11)20/h7-8H,3-6H2,1-2H3;5-6H,1-4,17H2. The number of rotatable bonds is 3. The molecule has 2 aliphatic heterocycles. The highest BCUT2D eigenvalue weighted by Crippen LogP contribution is 2.39. The Kier molecular flexibility index (Phi) is 9.24. The highest BCUT2D eigenvalue weighted by atomic mass is 35.5. The lowest BCUT2D eigenvalue weighted by atomic mass is 10.1. The molecule has 4 aromatic rings. The second-order valence-corrected chi connectivity index (χ2v) is 12.7. The molecule has 4 heterocycles. The second-order valence-electron chi connectivity index (χ2n) is 10.4. The van der Waals surface area contributed by atoms with E-state index in [2.05, 4.69) is 0 Å².